The van der Waals surface area contributed by atoms with Crippen molar-refractivity contribution < 1.29 is 8.42 Å². The number of hydrogen-bond donors (Lipinski definition) is 1. The van der Waals surface area contributed by atoms with E-state index in [1.54, 1.807) is 19.2 Å². The molecule has 0 spiro atoms. The molecule has 0 aromatic heterocycles. The predicted octanol–water partition coefficient (Wildman–Crippen LogP) is 2.09. The molecule has 1 N–H and O–H groups in total. The maximum Gasteiger partial charge on any atom is 0.244 e. The molecule has 0 atom stereocenters. The van der Waals surface area contributed by atoms with Crippen molar-refractivity contribution in [1.82, 2.24) is 9.62 Å². The first-order valence-electron chi connectivity index (χ1n) is 5.82. The molecule has 0 aliphatic rings. The first-order valence-corrected chi connectivity index (χ1v) is 7.64. The summed E-state index contributed by atoms with van der Waals surface area (Å²) in [7, 11) is -0.118. The van der Waals surface area contributed by atoms with Crippen molar-refractivity contribution in [2.75, 3.05) is 20.6 Å². The lowest BCUT2D eigenvalue weighted by Crippen LogP contribution is -2.28. The highest BCUT2D eigenvalue weighted by Crippen LogP contribution is 2.25. The first kappa shape index (κ1) is 15.4. The molecule has 0 bridgehead atoms. The third-order valence-corrected chi connectivity index (χ3v) is 4.94. The molecule has 6 heteroatoms. The maximum atomic E-state index is 12.3. The van der Waals surface area contributed by atoms with Gasteiger partial charge >= 0.3 is 0 Å². The highest BCUT2D eigenvalue weighted by atomic mass is 35.5. The Hall–Kier alpha value is -0.620. The van der Waals surface area contributed by atoms with Crippen molar-refractivity contribution in [2.24, 2.45) is 0 Å². The molecule has 1 aromatic rings. The quantitative estimate of drug-likeness (QED) is 0.873. The molecule has 0 unspecified atom stereocenters. The Balaban J connectivity index is 3.18. The Kier molecular flexibility index (Phi) is 5.59. The minimum absolute atomic E-state index is 0.174. The molecule has 0 amide bonds. The molecule has 0 fully saturated rings. The van der Waals surface area contributed by atoms with Gasteiger partial charge in [0.1, 0.15) is 4.90 Å². The molecule has 102 valence electrons. The second-order valence-electron chi connectivity index (χ2n) is 4.12. The van der Waals surface area contributed by atoms with Crippen LogP contribution in [0, 0.1) is 0 Å². The average Bonchev–Trinajstić information content (AvgIpc) is 2.32. The van der Waals surface area contributed by atoms with Crippen LogP contribution in [-0.2, 0) is 16.6 Å². The Labute approximate surface area is 114 Å². The zero-order valence-electron chi connectivity index (χ0n) is 10.9. The van der Waals surface area contributed by atoms with Crippen molar-refractivity contribution in [3.63, 3.8) is 0 Å². The Bertz CT molecular complexity index is 503. The second-order valence-corrected chi connectivity index (χ2v) is 6.54. The van der Waals surface area contributed by atoms with Gasteiger partial charge in [0.15, 0.2) is 0 Å². The summed E-state index contributed by atoms with van der Waals surface area (Å²) in [6.07, 6.45) is 0.767. The molecule has 0 aliphatic carbocycles. The SMILES string of the molecule is CCCN(C)S(=O)(=O)c1cc(CNC)ccc1Cl. The minimum atomic E-state index is -3.50. The number of benzene rings is 1. The van der Waals surface area contributed by atoms with Gasteiger partial charge in [0, 0.05) is 20.1 Å². The fourth-order valence-corrected chi connectivity index (χ4v) is 3.45. The van der Waals surface area contributed by atoms with E-state index in [9.17, 15) is 8.42 Å². The maximum absolute atomic E-state index is 12.3. The standard InChI is InChI=1S/C12H19ClN2O2S/c1-4-7-15(3)18(16,17)12-8-10(9-14-2)5-6-11(12)13/h5-6,8,14H,4,7,9H2,1-3H3. The molecule has 1 rings (SSSR count). The lowest BCUT2D eigenvalue weighted by Gasteiger charge is -2.17. The van der Waals surface area contributed by atoms with Gasteiger partial charge in [0.05, 0.1) is 5.02 Å². The fraction of sp³-hybridized carbons (Fsp3) is 0.500. The lowest BCUT2D eigenvalue weighted by molar-refractivity contribution is 0.468. The summed E-state index contributed by atoms with van der Waals surface area (Å²) >= 11 is 6.00. The lowest BCUT2D eigenvalue weighted by atomic mass is 10.2. The molecule has 4 nitrogen and oxygen atoms in total. The zero-order chi connectivity index (χ0) is 13.8. The van der Waals surface area contributed by atoms with E-state index in [-0.39, 0.29) is 9.92 Å². The van der Waals surface area contributed by atoms with Crippen LogP contribution in [0.25, 0.3) is 0 Å². The molecule has 18 heavy (non-hydrogen) atoms. The normalized spacial score (nSPS) is 12.1. The Morgan fingerprint density at radius 3 is 2.61 bits per heavy atom. The highest BCUT2D eigenvalue weighted by Gasteiger charge is 2.23. The van der Waals surface area contributed by atoms with E-state index in [2.05, 4.69) is 5.32 Å². The smallest absolute Gasteiger partial charge is 0.244 e. The number of hydrogen-bond acceptors (Lipinski definition) is 3. The van der Waals surface area contributed by atoms with Crippen LogP contribution in [0.2, 0.25) is 5.02 Å². The van der Waals surface area contributed by atoms with Crippen molar-refractivity contribution in [2.45, 2.75) is 24.8 Å². The van der Waals surface area contributed by atoms with Gasteiger partial charge in [0.25, 0.3) is 0 Å². The summed E-state index contributed by atoms with van der Waals surface area (Å²) in [5.41, 5.74) is 0.894. The third-order valence-electron chi connectivity index (χ3n) is 2.60. The van der Waals surface area contributed by atoms with Gasteiger partial charge in [-0.25, -0.2) is 12.7 Å². The van der Waals surface area contributed by atoms with Gasteiger partial charge in [-0.15, -0.1) is 0 Å². The van der Waals surface area contributed by atoms with Crippen LogP contribution in [0.4, 0.5) is 0 Å². The van der Waals surface area contributed by atoms with E-state index in [4.69, 9.17) is 11.6 Å². The van der Waals surface area contributed by atoms with Gasteiger partial charge in [-0.2, -0.15) is 0 Å². The first-order chi connectivity index (χ1) is 8.43. The summed E-state index contributed by atoms with van der Waals surface area (Å²) in [5.74, 6) is 0. The van der Waals surface area contributed by atoms with Crippen LogP contribution in [0.1, 0.15) is 18.9 Å². The molecule has 1 aromatic carbocycles. The van der Waals surface area contributed by atoms with Crippen LogP contribution in [0.5, 0.6) is 0 Å². The number of rotatable bonds is 6. The topological polar surface area (TPSA) is 49.4 Å². The largest absolute Gasteiger partial charge is 0.316 e. The molecule has 0 saturated carbocycles. The monoisotopic (exact) mass is 290 g/mol. The molecular weight excluding hydrogens is 272 g/mol. The van der Waals surface area contributed by atoms with Crippen molar-refractivity contribution in [3.8, 4) is 0 Å². The second kappa shape index (κ2) is 6.52. The number of nitrogens with zero attached hydrogens (tertiary/aromatic N) is 1. The van der Waals surface area contributed by atoms with Gasteiger partial charge in [-0.05, 0) is 31.2 Å². The van der Waals surface area contributed by atoms with Gasteiger partial charge in [0.2, 0.25) is 10.0 Å². The average molecular weight is 291 g/mol. The molecule has 0 heterocycles. The molecule has 0 aliphatic heterocycles. The third kappa shape index (κ3) is 3.45. The van der Waals surface area contributed by atoms with E-state index in [1.807, 2.05) is 20.0 Å². The van der Waals surface area contributed by atoms with Crippen molar-refractivity contribution in [1.29, 1.82) is 0 Å². The van der Waals surface area contributed by atoms with Crippen molar-refractivity contribution in [3.05, 3.63) is 28.8 Å². The van der Waals surface area contributed by atoms with Crippen LogP contribution in [-0.4, -0.2) is 33.4 Å². The van der Waals surface area contributed by atoms with E-state index in [1.165, 1.54) is 4.31 Å². The van der Waals surface area contributed by atoms with Crippen molar-refractivity contribution >= 4 is 21.6 Å². The zero-order valence-corrected chi connectivity index (χ0v) is 12.5. The van der Waals surface area contributed by atoms with Gasteiger partial charge < -0.3 is 5.32 Å². The molecule has 0 radical (unpaired) electrons. The van der Waals surface area contributed by atoms with Crippen LogP contribution in [0.3, 0.4) is 0 Å². The fourth-order valence-electron chi connectivity index (χ4n) is 1.66. The Morgan fingerprint density at radius 2 is 2.06 bits per heavy atom. The van der Waals surface area contributed by atoms with Crippen LogP contribution in [0.15, 0.2) is 23.1 Å². The van der Waals surface area contributed by atoms with Crippen LogP contribution >= 0.6 is 11.6 Å². The number of sulfonamides is 1. The predicted molar refractivity (Wildman–Crippen MR) is 74.3 cm³/mol. The number of nitrogens with one attached hydrogen (secondary N) is 1. The number of halogens is 1. The summed E-state index contributed by atoms with van der Waals surface area (Å²) in [5, 5.41) is 3.25. The van der Waals surface area contributed by atoms with Crippen LogP contribution < -0.4 is 5.32 Å². The summed E-state index contributed by atoms with van der Waals surface area (Å²) in [6, 6.07) is 5.07. The molecular formula is C12H19ClN2O2S. The van der Waals surface area contributed by atoms with E-state index >= 15 is 0 Å². The highest BCUT2D eigenvalue weighted by molar-refractivity contribution is 7.89. The minimum Gasteiger partial charge on any atom is -0.316 e. The Morgan fingerprint density at radius 1 is 1.39 bits per heavy atom. The van der Waals surface area contributed by atoms with Gasteiger partial charge in [-0.3, -0.25) is 0 Å². The summed E-state index contributed by atoms with van der Waals surface area (Å²) in [4.78, 5) is 0.174. The summed E-state index contributed by atoms with van der Waals surface area (Å²) in [6.45, 7) is 3.02. The van der Waals surface area contributed by atoms with E-state index in [0.29, 0.717) is 13.1 Å². The van der Waals surface area contributed by atoms with E-state index in [0.717, 1.165) is 12.0 Å². The van der Waals surface area contributed by atoms with Gasteiger partial charge in [-0.1, -0.05) is 24.6 Å². The molecule has 0 saturated heterocycles. The van der Waals surface area contributed by atoms with E-state index < -0.39 is 10.0 Å². The summed E-state index contributed by atoms with van der Waals surface area (Å²) < 4.78 is 26.0.